The van der Waals surface area contributed by atoms with Crippen molar-refractivity contribution in [3.05, 3.63) is 0 Å². The minimum Gasteiger partial charge on any atom is -0.311 e. The maximum absolute atomic E-state index is 3.76. The molecular formula is C13H24N2S. The number of nitrogens with zero attached hydrogens (tertiary/aromatic N) is 1. The number of hydrogen-bond donors (Lipinski definition) is 1. The van der Waals surface area contributed by atoms with Gasteiger partial charge in [0.15, 0.2) is 0 Å². The van der Waals surface area contributed by atoms with E-state index in [1.807, 2.05) is 0 Å². The van der Waals surface area contributed by atoms with Crippen molar-refractivity contribution in [3.8, 4) is 0 Å². The first kappa shape index (κ1) is 11.4. The van der Waals surface area contributed by atoms with Crippen LogP contribution in [0.5, 0.6) is 0 Å². The summed E-state index contributed by atoms with van der Waals surface area (Å²) >= 11 is 2.18. The molecule has 3 rings (SSSR count). The van der Waals surface area contributed by atoms with Gasteiger partial charge in [-0.15, -0.1) is 0 Å². The Morgan fingerprint density at radius 1 is 1.38 bits per heavy atom. The molecule has 3 saturated heterocycles. The summed E-state index contributed by atoms with van der Waals surface area (Å²) in [5.41, 5.74) is 0. The maximum Gasteiger partial charge on any atom is 0.0172 e. The summed E-state index contributed by atoms with van der Waals surface area (Å²) in [5.74, 6) is 2.31. The van der Waals surface area contributed by atoms with E-state index in [1.54, 1.807) is 0 Å². The summed E-state index contributed by atoms with van der Waals surface area (Å²) in [6.45, 7) is 6.37. The zero-order valence-corrected chi connectivity index (χ0v) is 11.1. The molecule has 0 aromatic heterocycles. The van der Waals surface area contributed by atoms with Gasteiger partial charge < -0.3 is 10.2 Å². The van der Waals surface area contributed by atoms with Crippen LogP contribution in [0.25, 0.3) is 0 Å². The van der Waals surface area contributed by atoms with Gasteiger partial charge in [-0.2, -0.15) is 11.8 Å². The third-order valence-electron chi connectivity index (χ3n) is 4.60. The van der Waals surface area contributed by atoms with Crippen molar-refractivity contribution >= 4 is 11.8 Å². The molecule has 0 aliphatic carbocycles. The Hall–Kier alpha value is 0.270. The Bertz CT molecular complexity index is 246. The van der Waals surface area contributed by atoms with Crippen LogP contribution in [-0.2, 0) is 0 Å². The van der Waals surface area contributed by atoms with Crippen molar-refractivity contribution in [2.24, 2.45) is 5.92 Å². The number of thioether (sulfide) groups is 1. The first-order valence-corrected chi connectivity index (χ1v) is 8.00. The van der Waals surface area contributed by atoms with Gasteiger partial charge in [0, 0.05) is 42.7 Å². The van der Waals surface area contributed by atoms with Crippen LogP contribution in [0.2, 0.25) is 0 Å². The maximum atomic E-state index is 3.76. The Labute approximate surface area is 104 Å². The van der Waals surface area contributed by atoms with Crippen LogP contribution >= 0.6 is 11.8 Å². The molecule has 0 aromatic carbocycles. The fourth-order valence-electron chi connectivity index (χ4n) is 3.66. The molecule has 4 unspecified atom stereocenters. The van der Waals surface area contributed by atoms with E-state index in [9.17, 15) is 0 Å². The molecule has 16 heavy (non-hydrogen) atoms. The normalized spacial score (nSPS) is 44.1. The molecule has 0 radical (unpaired) electrons. The highest BCUT2D eigenvalue weighted by atomic mass is 32.2. The largest absolute Gasteiger partial charge is 0.311 e. The van der Waals surface area contributed by atoms with Crippen LogP contribution in [0.15, 0.2) is 0 Å². The third-order valence-corrected chi connectivity index (χ3v) is 5.98. The molecule has 3 aliphatic heterocycles. The number of rotatable bonds is 3. The first-order valence-electron chi connectivity index (χ1n) is 6.95. The second kappa shape index (κ2) is 4.87. The zero-order valence-electron chi connectivity index (χ0n) is 10.3. The molecule has 4 atom stereocenters. The van der Waals surface area contributed by atoms with Gasteiger partial charge in [-0.3, -0.25) is 0 Å². The SMILES string of the molecule is CCC1CN(CC2CC3CCC2N3)CCS1. The van der Waals surface area contributed by atoms with Crippen LogP contribution in [0.1, 0.15) is 32.6 Å². The third kappa shape index (κ3) is 2.27. The zero-order chi connectivity index (χ0) is 11.0. The highest BCUT2D eigenvalue weighted by molar-refractivity contribution is 8.00. The molecule has 2 bridgehead atoms. The molecule has 0 amide bonds. The number of fused-ring (bicyclic) bond motifs is 2. The lowest BCUT2D eigenvalue weighted by Gasteiger charge is -2.35. The Morgan fingerprint density at radius 2 is 2.31 bits per heavy atom. The lowest BCUT2D eigenvalue weighted by atomic mass is 9.89. The Balaban J connectivity index is 1.51. The van der Waals surface area contributed by atoms with Crippen molar-refractivity contribution in [1.82, 2.24) is 10.2 Å². The van der Waals surface area contributed by atoms with E-state index in [2.05, 4.69) is 28.9 Å². The van der Waals surface area contributed by atoms with Gasteiger partial charge in [0.05, 0.1) is 0 Å². The molecule has 3 fully saturated rings. The second-order valence-electron chi connectivity index (χ2n) is 5.70. The summed E-state index contributed by atoms with van der Waals surface area (Å²) in [4.78, 5) is 2.73. The molecular weight excluding hydrogens is 216 g/mol. The van der Waals surface area contributed by atoms with Crippen molar-refractivity contribution in [3.63, 3.8) is 0 Å². The van der Waals surface area contributed by atoms with Gasteiger partial charge in [-0.1, -0.05) is 6.92 Å². The van der Waals surface area contributed by atoms with E-state index >= 15 is 0 Å². The molecule has 0 spiro atoms. The average molecular weight is 240 g/mol. The lowest BCUT2D eigenvalue weighted by Crippen LogP contribution is -2.42. The standard InChI is InChI=1S/C13H24N2S/c1-2-12-9-15(5-6-16-12)8-10-7-11-3-4-13(10)14-11/h10-14H,2-9H2,1H3. The molecule has 3 aliphatic rings. The number of nitrogens with one attached hydrogen (secondary N) is 1. The second-order valence-corrected chi connectivity index (χ2v) is 7.11. The van der Waals surface area contributed by atoms with Gasteiger partial charge >= 0.3 is 0 Å². The van der Waals surface area contributed by atoms with Gasteiger partial charge in [-0.05, 0) is 31.6 Å². The van der Waals surface area contributed by atoms with Gasteiger partial charge in [0.2, 0.25) is 0 Å². The van der Waals surface area contributed by atoms with E-state index < -0.39 is 0 Å². The summed E-state index contributed by atoms with van der Waals surface area (Å²) in [7, 11) is 0. The highest BCUT2D eigenvalue weighted by Crippen LogP contribution is 2.34. The summed E-state index contributed by atoms with van der Waals surface area (Å²) < 4.78 is 0. The Kier molecular flexibility index (Phi) is 3.46. The van der Waals surface area contributed by atoms with Crippen LogP contribution in [0.3, 0.4) is 0 Å². The number of hydrogen-bond acceptors (Lipinski definition) is 3. The monoisotopic (exact) mass is 240 g/mol. The van der Waals surface area contributed by atoms with Crippen molar-refractivity contribution < 1.29 is 0 Å². The van der Waals surface area contributed by atoms with E-state index in [-0.39, 0.29) is 0 Å². The van der Waals surface area contributed by atoms with E-state index in [4.69, 9.17) is 0 Å². The van der Waals surface area contributed by atoms with Crippen molar-refractivity contribution in [2.45, 2.75) is 49.9 Å². The minimum absolute atomic E-state index is 0.861. The topological polar surface area (TPSA) is 15.3 Å². The highest BCUT2D eigenvalue weighted by Gasteiger charge is 2.39. The van der Waals surface area contributed by atoms with Crippen molar-refractivity contribution in [2.75, 3.05) is 25.4 Å². The first-order chi connectivity index (χ1) is 7.85. The van der Waals surface area contributed by atoms with Crippen LogP contribution in [-0.4, -0.2) is 47.6 Å². The molecule has 0 aromatic rings. The summed E-state index contributed by atoms with van der Waals surface area (Å²) in [6.07, 6.45) is 5.67. The molecule has 2 nitrogen and oxygen atoms in total. The fourth-order valence-corrected chi connectivity index (χ4v) is 4.91. The molecule has 1 N–H and O–H groups in total. The molecule has 92 valence electrons. The minimum atomic E-state index is 0.861. The van der Waals surface area contributed by atoms with E-state index in [0.717, 1.165) is 23.3 Å². The summed E-state index contributed by atoms with van der Waals surface area (Å²) in [5, 5.41) is 4.66. The average Bonchev–Trinajstić information content (AvgIpc) is 2.91. The van der Waals surface area contributed by atoms with Crippen molar-refractivity contribution in [1.29, 1.82) is 0 Å². The predicted molar refractivity (Wildman–Crippen MR) is 71.0 cm³/mol. The van der Waals surface area contributed by atoms with E-state index in [0.29, 0.717) is 0 Å². The van der Waals surface area contributed by atoms with Gasteiger partial charge in [0.25, 0.3) is 0 Å². The van der Waals surface area contributed by atoms with Crippen LogP contribution in [0.4, 0.5) is 0 Å². The smallest absolute Gasteiger partial charge is 0.0172 e. The quantitative estimate of drug-likeness (QED) is 0.812. The fraction of sp³-hybridized carbons (Fsp3) is 1.00. The van der Waals surface area contributed by atoms with Crippen LogP contribution in [0, 0.1) is 5.92 Å². The van der Waals surface area contributed by atoms with Crippen LogP contribution < -0.4 is 5.32 Å². The molecule has 3 heterocycles. The lowest BCUT2D eigenvalue weighted by molar-refractivity contribution is 0.216. The Morgan fingerprint density at radius 3 is 3.00 bits per heavy atom. The summed E-state index contributed by atoms with van der Waals surface area (Å²) in [6, 6.07) is 1.73. The van der Waals surface area contributed by atoms with Gasteiger partial charge in [-0.25, -0.2) is 0 Å². The predicted octanol–water partition coefficient (Wildman–Crippen LogP) is 1.95. The molecule has 0 saturated carbocycles. The van der Waals surface area contributed by atoms with E-state index in [1.165, 1.54) is 51.1 Å². The molecule has 3 heteroatoms. The van der Waals surface area contributed by atoms with Gasteiger partial charge in [0.1, 0.15) is 0 Å².